The first-order valence-electron chi connectivity index (χ1n) is 19.2. The molecule has 13 nitrogen and oxygen atoms in total. The Morgan fingerprint density at radius 1 is 1.00 bits per heavy atom. The van der Waals surface area contributed by atoms with E-state index in [9.17, 15) is 23.6 Å². The zero-order chi connectivity index (χ0) is 38.9. The molecule has 0 aliphatic carbocycles. The van der Waals surface area contributed by atoms with Gasteiger partial charge >= 0.3 is 0 Å². The van der Waals surface area contributed by atoms with Crippen molar-refractivity contribution in [2.45, 2.75) is 75.8 Å². The van der Waals surface area contributed by atoms with Crippen LogP contribution in [0.5, 0.6) is 0 Å². The number of aryl methyl sites for hydroxylation is 1. The molecule has 4 atom stereocenters. The number of likely N-dealkylation sites (tertiary alicyclic amines) is 1. The Kier molecular flexibility index (Phi) is 8.70. The molecule has 2 N–H and O–H groups in total. The van der Waals surface area contributed by atoms with E-state index in [4.69, 9.17) is 0 Å². The molecule has 8 heterocycles. The Morgan fingerprint density at radius 2 is 1.86 bits per heavy atom. The summed E-state index contributed by atoms with van der Waals surface area (Å²) in [6, 6.07) is 12.1. The van der Waals surface area contributed by atoms with E-state index in [2.05, 4.69) is 35.4 Å². The van der Waals surface area contributed by atoms with Crippen molar-refractivity contribution in [3.63, 3.8) is 0 Å². The number of carbonyl (C=O) groups is 4. The van der Waals surface area contributed by atoms with E-state index in [0.717, 1.165) is 55.8 Å². The number of thiazole rings is 1. The number of carbonyl (C=O) groups excluding carboxylic acids is 4. The van der Waals surface area contributed by atoms with Crippen molar-refractivity contribution < 1.29 is 28.0 Å². The van der Waals surface area contributed by atoms with Gasteiger partial charge in [-0.15, -0.1) is 11.3 Å². The van der Waals surface area contributed by atoms with Crippen LogP contribution in [0.1, 0.15) is 76.1 Å². The van der Waals surface area contributed by atoms with Crippen LogP contribution in [0.25, 0.3) is 11.1 Å². The molecule has 5 aromatic rings. The number of anilines is 2. The minimum Gasteiger partial charge on any atom is -0.366 e. The van der Waals surface area contributed by atoms with Gasteiger partial charge in [-0.25, -0.2) is 19.3 Å². The van der Waals surface area contributed by atoms with Crippen molar-refractivity contribution >= 4 is 45.8 Å². The van der Waals surface area contributed by atoms with Crippen LogP contribution in [0.15, 0.2) is 66.6 Å². The first-order valence-corrected chi connectivity index (χ1v) is 20.0. The number of aromatic nitrogens is 4. The Morgan fingerprint density at radius 3 is 2.63 bits per heavy atom. The number of piperazine rings is 1. The first-order chi connectivity index (χ1) is 27.7. The fourth-order valence-corrected chi connectivity index (χ4v) is 9.85. The summed E-state index contributed by atoms with van der Waals surface area (Å²) in [5, 5.41) is 7.35. The topological polar surface area (TPSA) is 146 Å². The van der Waals surface area contributed by atoms with Crippen LogP contribution in [0.2, 0.25) is 0 Å². The molecule has 2 aromatic carbocycles. The average molecular weight is 790 g/mol. The molecule has 10 rings (SSSR count). The predicted molar refractivity (Wildman–Crippen MR) is 205 cm³/mol. The molecule has 0 saturated carbocycles. The highest BCUT2D eigenvalue weighted by Gasteiger charge is 2.44. The van der Waals surface area contributed by atoms with Crippen molar-refractivity contribution in [1.82, 2.24) is 34.6 Å². The minimum absolute atomic E-state index is 0.0650. The molecule has 3 aromatic heterocycles. The van der Waals surface area contributed by atoms with Gasteiger partial charge in [-0.1, -0.05) is 12.1 Å². The van der Waals surface area contributed by atoms with Gasteiger partial charge in [0.15, 0.2) is 11.2 Å². The van der Waals surface area contributed by atoms with E-state index in [-0.39, 0.29) is 48.0 Å². The minimum atomic E-state index is -1.06. The molecule has 2 unspecified atom stereocenters. The van der Waals surface area contributed by atoms with Gasteiger partial charge in [-0.05, 0) is 72.7 Å². The zero-order valence-corrected chi connectivity index (χ0v) is 31.5. The Hall–Kier alpha value is -5.87. The first kappa shape index (κ1) is 35.5. The van der Waals surface area contributed by atoms with Gasteiger partial charge in [0, 0.05) is 90.5 Å². The largest absolute Gasteiger partial charge is 0.366 e. The lowest BCUT2D eigenvalue weighted by molar-refractivity contribution is -0.134. The third kappa shape index (κ3) is 6.27. The summed E-state index contributed by atoms with van der Waals surface area (Å²) < 4.78 is 32.8. The van der Waals surface area contributed by atoms with Crippen LogP contribution in [-0.2, 0) is 40.4 Å². The molecule has 2 bridgehead atoms. The lowest BCUT2D eigenvalue weighted by Crippen LogP contribution is -2.46. The lowest BCUT2D eigenvalue weighted by atomic mass is 9.91. The second-order valence-electron chi connectivity index (χ2n) is 15.4. The average Bonchev–Trinajstić information content (AvgIpc) is 4.06. The number of benzene rings is 2. The van der Waals surface area contributed by atoms with Gasteiger partial charge in [0.05, 0.1) is 24.5 Å². The fraction of sp³-hybridized carbons (Fsp3) is 0.341. The summed E-state index contributed by atoms with van der Waals surface area (Å²) in [6.45, 7) is 2.57. The molecule has 5 aliphatic heterocycles. The zero-order valence-electron chi connectivity index (χ0n) is 30.7. The van der Waals surface area contributed by atoms with Crippen LogP contribution in [0.3, 0.4) is 0 Å². The number of imide groups is 1. The highest BCUT2D eigenvalue weighted by atomic mass is 32.1. The third-order valence-electron chi connectivity index (χ3n) is 12.1. The number of hydrogen-bond acceptors (Lipinski definition) is 10. The Bertz CT molecular complexity index is 2460. The molecule has 0 radical (unpaired) electrons. The molecule has 57 heavy (non-hydrogen) atoms. The van der Waals surface area contributed by atoms with E-state index < -0.39 is 35.5 Å². The molecule has 5 aliphatic rings. The van der Waals surface area contributed by atoms with Crippen molar-refractivity contribution in [1.29, 1.82) is 0 Å². The molecule has 3 fully saturated rings. The number of nitrogens with zero attached hydrogens (tertiary/aromatic N) is 7. The van der Waals surface area contributed by atoms with Gasteiger partial charge in [-0.3, -0.25) is 34.7 Å². The summed E-state index contributed by atoms with van der Waals surface area (Å²) >= 11 is 1.27. The summed E-state index contributed by atoms with van der Waals surface area (Å²) in [6.07, 6.45) is 7.86. The van der Waals surface area contributed by atoms with Crippen molar-refractivity contribution in [3.05, 3.63) is 112 Å². The van der Waals surface area contributed by atoms with E-state index in [1.165, 1.54) is 28.5 Å². The number of amides is 4. The number of pyridine rings is 1. The second-order valence-corrected chi connectivity index (χ2v) is 16.3. The standard InChI is InChI=1S/C41H37F2N9O4S/c42-32-14-23(13-30-31(32)20-52(40(30)56)36(39(55)48-41-44-9-11-57-41)35-33-2-1-10-49(33)21-46-35)22-3-5-26(6-4-22)51-19-27-15-28(51)18-50(27)17-25-12-24(16-45-37(25)43)29-7-8-34(53)47-38(29)54/h3-6,9,11-14,16,21,27-29,36H,1-2,7-8,10,15,17-20H2,(H,44,48,55)(H,47,53,54)/t27-,28-,29?,36?/m1/s1. The van der Waals surface area contributed by atoms with Crippen LogP contribution >= 0.6 is 11.3 Å². The van der Waals surface area contributed by atoms with Crippen molar-refractivity contribution in [3.8, 4) is 11.1 Å². The SMILES string of the molecule is O=C1CCC(c2cnc(F)c(CN3C[C@H]4C[C@@H]3CN4c3ccc(-c4cc(F)c5c(c4)C(=O)N(C(C(=O)Nc4nccs4)c4ncn6c4CCC6)C5)cc3)c2)C(=O)N1. The number of rotatable bonds is 9. The number of hydrogen-bond donors (Lipinski definition) is 2. The van der Waals surface area contributed by atoms with Gasteiger partial charge in [0.25, 0.3) is 11.8 Å². The molecular weight excluding hydrogens is 753 g/mol. The molecular formula is C41H37F2N9O4S. The predicted octanol–water partition coefficient (Wildman–Crippen LogP) is 4.95. The van der Waals surface area contributed by atoms with Crippen LogP contribution < -0.4 is 15.5 Å². The van der Waals surface area contributed by atoms with Gasteiger partial charge in [0.1, 0.15) is 5.82 Å². The van der Waals surface area contributed by atoms with E-state index in [0.29, 0.717) is 40.5 Å². The maximum absolute atomic E-state index is 15.9. The van der Waals surface area contributed by atoms with Gasteiger partial charge in [0.2, 0.25) is 17.8 Å². The quantitative estimate of drug-likeness (QED) is 0.157. The monoisotopic (exact) mass is 789 g/mol. The number of halogens is 2. The Balaban J connectivity index is 0.837. The fourth-order valence-electron chi connectivity index (χ4n) is 9.31. The summed E-state index contributed by atoms with van der Waals surface area (Å²) in [4.78, 5) is 70.7. The molecule has 3 saturated heterocycles. The van der Waals surface area contributed by atoms with Gasteiger partial charge in [-0.2, -0.15) is 4.39 Å². The van der Waals surface area contributed by atoms with Crippen LogP contribution in [0, 0.1) is 11.8 Å². The second kappa shape index (κ2) is 14.0. The summed E-state index contributed by atoms with van der Waals surface area (Å²) in [5.41, 5.74) is 5.26. The third-order valence-corrected chi connectivity index (χ3v) is 12.8. The number of fused-ring (bicyclic) bond motifs is 4. The van der Waals surface area contributed by atoms with Crippen molar-refractivity contribution in [2.75, 3.05) is 23.3 Å². The normalized spacial score (nSPS) is 21.9. The summed E-state index contributed by atoms with van der Waals surface area (Å²) in [5.74, 6) is -3.15. The van der Waals surface area contributed by atoms with Crippen molar-refractivity contribution in [2.24, 2.45) is 0 Å². The van der Waals surface area contributed by atoms with Gasteiger partial charge < -0.3 is 14.4 Å². The van der Waals surface area contributed by atoms with E-state index in [1.54, 1.807) is 30.0 Å². The molecule has 4 amide bonds. The summed E-state index contributed by atoms with van der Waals surface area (Å²) in [7, 11) is 0. The van der Waals surface area contributed by atoms with E-state index in [1.807, 2.05) is 28.8 Å². The molecule has 16 heteroatoms. The van der Waals surface area contributed by atoms with E-state index >= 15 is 4.39 Å². The highest BCUT2D eigenvalue weighted by molar-refractivity contribution is 7.13. The number of imidazole rings is 1. The maximum atomic E-state index is 15.9. The molecule has 0 spiro atoms. The smallest absolute Gasteiger partial charge is 0.255 e. The molecule has 290 valence electrons. The lowest BCUT2D eigenvalue weighted by Gasteiger charge is -2.35. The Labute approximate surface area is 329 Å². The van der Waals surface area contributed by atoms with Crippen LogP contribution in [0.4, 0.5) is 19.6 Å². The number of nitrogens with one attached hydrogen (secondary N) is 2. The van der Waals surface area contributed by atoms with Crippen LogP contribution in [-0.4, -0.2) is 78.1 Å². The highest BCUT2D eigenvalue weighted by Crippen LogP contribution is 2.40. The maximum Gasteiger partial charge on any atom is 0.255 e. The number of piperidine rings is 1.